The Bertz CT molecular complexity index is 259. The summed E-state index contributed by atoms with van der Waals surface area (Å²) < 4.78 is 5.08. The van der Waals surface area contributed by atoms with Crippen molar-refractivity contribution in [3.63, 3.8) is 0 Å². The lowest BCUT2D eigenvalue weighted by atomic mass is 10.2. The molecule has 3 heteroatoms. The number of carbonyl (C=O) groups excluding carboxylic acids is 1. The second kappa shape index (κ2) is 7.39. The van der Waals surface area contributed by atoms with Gasteiger partial charge in [0, 0.05) is 6.42 Å². The molecule has 0 unspecified atom stereocenters. The quantitative estimate of drug-likeness (QED) is 0.568. The van der Waals surface area contributed by atoms with Crippen LogP contribution in [0.5, 0.6) is 5.75 Å². The third kappa shape index (κ3) is 4.87. The summed E-state index contributed by atoms with van der Waals surface area (Å²) in [5.74, 6) is 0.483. The predicted octanol–water partition coefficient (Wildman–Crippen LogP) is 3.20. The smallest absolute Gasteiger partial charge is 0.311 e. The van der Waals surface area contributed by atoms with E-state index in [1.165, 1.54) is 0 Å². The molecule has 0 N–H and O–H groups in total. The second-order valence-electron chi connectivity index (χ2n) is 2.89. The maximum absolute atomic E-state index is 11.1. The van der Waals surface area contributed by atoms with Crippen LogP contribution in [-0.4, -0.2) is 5.97 Å². The number of benzene rings is 1. The highest BCUT2D eigenvalue weighted by molar-refractivity contribution is 5.85. The highest BCUT2D eigenvalue weighted by atomic mass is 35.5. The first-order valence-electron chi connectivity index (χ1n) is 4.58. The first kappa shape index (κ1) is 13.0. The minimum Gasteiger partial charge on any atom is -0.427 e. The lowest BCUT2D eigenvalue weighted by molar-refractivity contribution is -0.134. The van der Waals surface area contributed by atoms with E-state index in [2.05, 4.69) is 6.92 Å². The molecule has 0 aliphatic heterocycles. The van der Waals surface area contributed by atoms with Crippen LogP contribution in [-0.2, 0) is 4.79 Å². The van der Waals surface area contributed by atoms with Gasteiger partial charge in [0.15, 0.2) is 0 Å². The van der Waals surface area contributed by atoms with Crippen molar-refractivity contribution in [1.29, 1.82) is 0 Å². The SMILES string of the molecule is CCCCC(=O)Oc1ccccc1.Cl. The van der Waals surface area contributed by atoms with Crippen LogP contribution < -0.4 is 4.74 Å². The largest absolute Gasteiger partial charge is 0.427 e. The van der Waals surface area contributed by atoms with Crippen LogP contribution in [0.1, 0.15) is 26.2 Å². The predicted molar refractivity (Wildman–Crippen MR) is 58.9 cm³/mol. The lowest BCUT2D eigenvalue weighted by Gasteiger charge is -2.02. The van der Waals surface area contributed by atoms with E-state index in [1.54, 1.807) is 12.1 Å². The number of unbranched alkanes of at least 4 members (excludes halogenated alkanes) is 1. The normalized spacial score (nSPS) is 8.93. The number of rotatable bonds is 4. The maximum Gasteiger partial charge on any atom is 0.311 e. The summed E-state index contributed by atoms with van der Waals surface area (Å²) in [4.78, 5) is 11.1. The molecule has 1 aromatic rings. The summed E-state index contributed by atoms with van der Waals surface area (Å²) >= 11 is 0. The van der Waals surface area contributed by atoms with Crippen LogP contribution in [0.25, 0.3) is 0 Å². The van der Waals surface area contributed by atoms with Crippen molar-refractivity contribution in [3.05, 3.63) is 30.3 Å². The van der Waals surface area contributed by atoms with E-state index in [-0.39, 0.29) is 18.4 Å². The number of hydrogen-bond acceptors (Lipinski definition) is 2. The minimum absolute atomic E-state index is 0. The molecule has 0 bridgehead atoms. The molecule has 0 heterocycles. The van der Waals surface area contributed by atoms with E-state index < -0.39 is 0 Å². The van der Waals surface area contributed by atoms with Gasteiger partial charge < -0.3 is 4.74 Å². The van der Waals surface area contributed by atoms with E-state index in [0.717, 1.165) is 12.8 Å². The molecule has 0 atom stereocenters. The molecule has 0 aromatic heterocycles. The van der Waals surface area contributed by atoms with Crippen molar-refractivity contribution in [3.8, 4) is 5.75 Å². The zero-order chi connectivity index (χ0) is 9.52. The van der Waals surface area contributed by atoms with Crippen molar-refractivity contribution >= 4 is 18.4 Å². The van der Waals surface area contributed by atoms with Gasteiger partial charge in [-0.3, -0.25) is 4.79 Å². The van der Waals surface area contributed by atoms with Gasteiger partial charge in [0.25, 0.3) is 0 Å². The first-order chi connectivity index (χ1) is 6.33. The fourth-order valence-corrected chi connectivity index (χ4v) is 0.992. The van der Waals surface area contributed by atoms with Crippen LogP contribution >= 0.6 is 12.4 Å². The van der Waals surface area contributed by atoms with Crippen LogP contribution in [0.15, 0.2) is 30.3 Å². The van der Waals surface area contributed by atoms with Gasteiger partial charge in [-0.15, -0.1) is 12.4 Å². The van der Waals surface area contributed by atoms with E-state index in [9.17, 15) is 4.79 Å². The molecule has 78 valence electrons. The average Bonchev–Trinajstić information content (AvgIpc) is 2.16. The molecule has 14 heavy (non-hydrogen) atoms. The highest BCUT2D eigenvalue weighted by Gasteiger charge is 2.02. The summed E-state index contributed by atoms with van der Waals surface area (Å²) in [5.41, 5.74) is 0. The summed E-state index contributed by atoms with van der Waals surface area (Å²) in [6, 6.07) is 9.15. The molecule has 0 saturated heterocycles. The third-order valence-corrected chi connectivity index (χ3v) is 1.71. The Kier molecular flexibility index (Phi) is 6.85. The number of para-hydroxylation sites is 1. The fourth-order valence-electron chi connectivity index (χ4n) is 0.992. The Morgan fingerprint density at radius 1 is 1.29 bits per heavy atom. The number of carbonyl (C=O) groups is 1. The fraction of sp³-hybridized carbons (Fsp3) is 0.364. The molecule has 0 saturated carbocycles. The number of esters is 1. The zero-order valence-corrected chi connectivity index (χ0v) is 9.05. The summed E-state index contributed by atoms with van der Waals surface area (Å²) in [7, 11) is 0. The molecular formula is C11H15ClO2. The van der Waals surface area contributed by atoms with Crippen molar-refractivity contribution in [1.82, 2.24) is 0 Å². The molecular weight excluding hydrogens is 200 g/mol. The van der Waals surface area contributed by atoms with Gasteiger partial charge >= 0.3 is 5.97 Å². The number of halogens is 1. The van der Waals surface area contributed by atoms with E-state index in [0.29, 0.717) is 12.2 Å². The maximum atomic E-state index is 11.1. The van der Waals surface area contributed by atoms with Crippen LogP contribution in [0.2, 0.25) is 0 Å². The Morgan fingerprint density at radius 2 is 1.93 bits per heavy atom. The van der Waals surface area contributed by atoms with Gasteiger partial charge in [0.05, 0.1) is 0 Å². The monoisotopic (exact) mass is 214 g/mol. The van der Waals surface area contributed by atoms with Crippen molar-refractivity contribution in [2.75, 3.05) is 0 Å². The molecule has 0 fully saturated rings. The van der Waals surface area contributed by atoms with Crippen molar-refractivity contribution < 1.29 is 9.53 Å². The minimum atomic E-state index is -0.145. The Morgan fingerprint density at radius 3 is 2.50 bits per heavy atom. The van der Waals surface area contributed by atoms with Gasteiger partial charge in [-0.05, 0) is 18.6 Å². The molecule has 0 radical (unpaired) electrons. The lowest BCUT2D eigenvalue weighted by Crippen LogP contribution is -2.06. The van der Waals surface area contributed by atoms with Crippen molar-refractivity contribution in [2.45, 2.75) is 26.2 Å². The first-order valence-corrected chi connectivity index (χ1v) is 4.58. The Hall–Kier alpha value is -1.02. The summed E-state index contributed by atoms with van der Waals surface area (Å²) in [6.45, 7) is 2.05. The van der Waals surface area contributed by atoms with Gasteiger partial charge in [-0.25, -0.2) is 0 Å². The third-order valence-electron chi connectivity index (χ3n) is 1.71. The summed E-state index contributed by atoms with van der Waals surface area (Å²) in [5, 5.41) is 0. The number of ether oxygens (including phenoxy) is 1. The molecule has 1 aromatic carbocycles. The summed E-state index contributed by atoms with van der Waals surface area (Å²) in [6.07, 6.45) is 2.42. The van der Waals surface area contributed by atoms with Gasteiger partial charge in [-0.1, -0.05) is 31.5 Å². The molecule has 0 aliphatic rings. The van der Waals surface area contributed by atoms with Gasteiger partial charge in [0.2, 0.25) is 0 Å². The van der Waals surface area contributed by atoms with E-state index >= 15 is 0 Å². The highest BCUT2D eigenvalue weighted by Crippen LogP contribution is 2.09. The zero-order valence-electron chi connectivity index (χ0n) is 8.23. The molecule has 0 spiro atoms. The Labute approximate surface area is 90.7 Å². The Balaban J connectivity index is 0.00000169. The van der Waals surface area contributed by atoms with E-state index in [1.807, 2.05) is 18.2 Å². The molecule has 1 rings (SSSR count). The molecule has 0 aliphatic carbocycles. The van der Waals surface area contributed by atoms with Crippen LogP contribution in [0.4, 0.5) is 0 Å². The topological polar surface area (TPSA) is 26.3 Å². The average molecular weight is 215 g/mol. The van der Waals surface area contributed by atoms with Crippen LogP contribution in [0, 0.1) is 0 Å². The number of hydrogen-bond donors (Lipinski definition) is 0. The van der Waals surface area contributed by atoms with Crippen molar-refractivity contribution in [2.24, 2.45) is 0 Å². The molecule has 2 nitrogen and oxygen atoms in total. The molecule has 0 amide bonds. The second-order valence-corrected chi connectivity index (χ2v) is 2.89. The van der Waals surface area contributed by atoms with Gasteiger partial charge in [-0.2, -0.15) is 0 Å². The van der Waals surface area contributed by atoms with E-state index in [4.69, 9.17) is 4.74 Å². The standard InChI is InChI=1S/C11H14O2.ClH/c1-2-3-9-11(12)13-10-7-5-4-6-8-10;/h4-8H,2-3,9H2,1H3;1H. The van der Waals surface area contributed by atoms with Crippen LogP contribution in [0.3, 0.4) is 0 Å². The van der Waals surface area contributed by atoms with Gasteiger partial charge in [0.1, 0.15) is 5.75 Å².